The van der Waals surface area contributed by atoms with Gasteiger partial charge in [-0.1, -0.05) is 96.8 Å². The summed E-state index contributed by atoms with van der Waals surface area (Å²) in [6.07, 6.45) is 19.7. The fraction of sp³-hybridized carbons (Fsp3) is 0.227. The molecule has 0 bridgehead atoms. The first-order chi connectivity index (χ1) is 41.3. The molecule has 0 amide bonds. The monoisotopic (exact) mass is 1350 g/mol. The predicted molar refractivity (Wildman–Crippen MR) is 353 cm³/mol. The molecule has 14 rings (SSSR count). The fourth-order valence-electron chi connectivity index (χ4n) is 9.49. The number of aryl methyl sites for hydroxylation is 5. The van der Waals surface area contributed by atoms with Gasteiger partial charge in [0.1, 0.15) is 17.5 Å². The molecule has 2 radical (unpaired) electrons. The van der Waals surface area contributed by atoms with E-state index in [1.54, 1.807) is 6.92 Å². The first kappa shape index (κ1) is 67.3. The van der Waals surface area contributed by atoms with Crippen molar-refractivity contribution in [1.29, 1.82) is 0 Å². The van der Waals surface area contributed by atoms with Crippen molar-refractivity contribution in [2.45, 2.75) is 60.2 Å². The van der Waals surface area contributed by atoms with Crippen LogP contribution in [0.15, 0.2) is 167 Å². The topological polar surface area (TPSA) is 186 Å². The number of anilines is 12. The Labute approximate surface area is 571 Å². The van der Waals surface area contributed by atoms with E-state index in [9.17, 15) is 0 Å². The molecule has 0 saturated carbocycles. The Hall–Kier alpha value is -7.24. The van der Waals surface area contributed by atoms with Crippen molar-refractivity contribution >= 4 is 104 Å². The minimum atomic E-state index is 0. The third-order valence-corrected chi connectivity index (χ3v) is 14.4. The SMILES string of the molecule is CNc1ccc(Cl)cc1.C[C-]=NC1=[C-]c2cc(C)ccc2NCC1.C[C-]=NC1=[C-]c2ccccc2NCC1.Cc1ccc2c(c1)Nc1c(cnn1C)CN2.Cn1ncc2c1Nc1cc(Cl)ccc1NC2.Cn1ncc2c1Nc1ccccc1NC2.[Y].[Y]. The Bertz CT molecular complexity index is 3740. The molecule has 21 heteroatoms. The molecule has 9 aromatic rings. The van der Waals surface area contributed by atoms with Crippen molar-refractivity contribution in [3.05, 3.63) is 219 Å². The third kappa shape index (κ3) is 18.6. The summed E-state index contributed by atoms with van der Waals surface area (Å²) in [6, 6.07) is 42.3. The van der Waals surface area contributed by atoms with Crippen molar-refractivity contribution < 1.29 is 65.4 Å². The van der Waals surface area contributed by atoms with Crippen LogP contribution in [0.5, 0.6) is 0 Å². The standard InChI is InChI=1S/C13H14N2.C12H14N4.C12H12N2.C11H11ClN4.C11H12N4.C7H8ClN.2Y/c1-3-14-12-6-7-15-13-5-4-10(2)8-11(13)9-12;1-8-3-4-10-11(5-8)15-12-9(6-13-10)7-14-16(12)2;1-2-13-11-7-8-14-12-6-4-3-5-10(12)9-11;1-16-11-7(6-14-16)5-13-9-3-2-8(12)4-10(9)15-11;1-15-11-8(7-13-15)6-12-9-4-2-3-5-10(9)14-11;1-9-7-4-2-6(8)3-5-7;;/h4-5,8,15H,6-7H2,1-2H3;3-5,7,13,15H,6H2,1-2H3;3-6,14H,7-8H2,1H3;2-4,6,13,15H,5H2,1H3;2-5,7,12,14H,6H2,1H3;2-5,9H,1H3;;/q-2;;-2;;;;;. The van der Waals surface area contributed by atoms with Gasteiger partial charge in [-0.05, 0) is 92.3 Å². The van der Waals surface area contributed by atoms with Gasteiger partial charge in [0.25, 0.3) is 0 Å². The minimum Gasteiger partial charge on any atom is -0.473 e. The van der Waals surface area contributed by atoms with Gasteiger partial charge in [0.15, 0.2) is 0 Å². The molecule has 5 aliphatic heterocycles. The second-order valence-electron chi connectivity index (χ2n) is 20.2. The zero-order valence-electron chi connectivity index (χ0n) is 50.3. The van der Waals surface area contributed by atoms with Crippen LogP contribution >= 0.6 is 23.2 Å². The minimum absolute atomic E-state index is 0. The number of hydrogen-bond donors (Lipinski definition) is 9. The Morgan fingerprint density at radius 1 is 0.471 bits per heavy atom. The van der Waals surface area contributed by atoms with Gasteiger partial charge in [0, 0.05) is 146 Å². The molecule has 0 unspecified atom stereocenters. The summed E-state index contributed by atoms with van der Waals surface area (Å²) in [6.45, 7) is 12.0. The Morgan fingerprint density at radius 2 is 0.885 bits per heavy atom. The first-order valence-electron chi connectivity index (χ1n) is 28.0. The maximum atomic E-state index is 5.98. The van der Waals surface area contributed by atoms with Crippen molar-refractivity contribution in [3.8, 4) is 0 Å². The van der Waals surface area contributed by atoms with E-state index < -0.39 is 0 Å². The molecule has 9 N–H and O–H groups in total. The van der Waals surface area contributed by atoms with Crippen LogP contribution in [0.3, 0.4) is 0 Å². The molecule has 5 aliphatic rings. The zero-order valence-corrected chi connectivity index (χ0v) is 57.5. The summed E-state index contributed by atoms with van der Waals surface area (Å²) >= 11 is 11.6. The molecule has 444 valence electrons. The molecule has 0 aliphatic carbocycles. The Balaban J connectivity index is 0.000000150. The normalized spacial score (nSPS) is 13.2. The molecule has 6 aromatic carbocycles. The number of fused-ring (bicyclic) bond motifs is 8. The Kier molecular flexibility index (Phi) is 25.7. The van der Waals surface area contributed by atoms with E-state index in [0.29, 0.717) is 0 Å². The number of aliphatic imine (C=N–C) groups is 2. The van der Waals surface area contributed by atoms with E-state index >= 15 is 0 Å². The molecular formula is C66H71Cl2N17Y2-4. The van der Waals surface area contributed by atoms with Crippen LogP contribution in [0.4, 0.5) is 68.6 Å². The van der Waals surface area contributed by atoms with Crippen molar-refractivity contribution in [1.82, 2.24) is 29.3 Å². The molecule has 0 atom stereocenters. The summed E-state index contributed by atoms with van der Waals surface area (Å²) in [4.78, 5) is 8.35. The number of halogens is 2. The van der Waals surface area contributed by atoms with E-state index in [1.807, 2.05) is 141 Å². The van der Waals surface area contributed by atoms with E-state index in [1.165, 1.54) is 22.3 Å². The van der Waals surface area contributed by atoms with Gasteiger partial charge in [-0.2, -0.15) is 62.4 Å². The fourth-order valence-corrected chi connectivity index (χ4v) is 9.79. The molecule has 0 saturated heterocycles. The maximum Gasteiger partial charge on any atom is 0.133 e. The molecule has 0 spiro atoms. The summed E-state index contributed by atoms with van der Waals surface area (Å²) < 4.78 is 5.56. The van der Waals surface area contributed by atoms with Gasteiger partial charge >= 0.3 is 0 Å². The number of aromatic nitrogens is 6. The maximum absolute atomic E-state index is 5.98. The van der Waals surface area contributed by atoms with Crippen LogP contribution in [-0.2, 0) is 106 Å². The Morgan fingerprint density at radius 3 is 1.41 bits per heavy atom. The quantitative estimate of drug-likeness (QED) is 0.0603. The summed E-state index contributed by atoms with van der Waals surface area (Å²) in [5.74, 6) is 3.14. The largest absolute Gasteiger partial charge is 0.473 e. The van der Waals surface area contributed by atoms with Crippen LogP contribution < -0.4 is 47.9 Å². The van der Waals surface area contributed by atoms with Crippen LogP contribution in [0.2, 0.25) is 10.0 Å². The van der Waals surface area contributed by atoms with Gasteiger partial charge < -0.3 is 57.8 Å². The van der Waals surface area contributed by atoms with Gasteiger partial charge in [-0.25, -0.2) is 0 Å². The van der Waals surface area contributed by atoms with Gasteiger partial charge in [-0.3, -0.25) is 26.2 Å². The van der Waals surface area contributed by atoms with Crippen molar-refractivity contribution in [2.24, 2.45) is 31.1 Å². The van der Waals surface area contributed by atoms with Gasteiger partial charge in [-0.15, -0.1) is 25.5 Å². The van der Waals surface area contributed by atoms with Crippen molar-refractivity contribution in [2.75, 3.05) is 68.0 Å². The van der Waals surface area contributed by atoms with Crippen molar-refractivity contribution in [3.63, 3.8) is 0 Å². The molecule has 3 aromatic heterocycles. The number of hydrogen-bond acceptors (Lipinski definition) is 14. The van der Waals surface area contributed by atoms with Crippen LogP contribution in [0.1, 0.15) is 65.6 Å². The van der Waals surface area contributed by atoms with E-state index in [-0.39, 0.29) is 65.4 Å². The number of benzene rings is 6. The summed E-state index contributed by atoms with van der Waals surface area (Å²) in [5.41, 5.74) is 20.0. The molecular weight excluding hydrogens is 1280 g/mol. The van der Waals surface area contributed by atoms with Crippen LogP contribution in [0.25, 0.3) is 0 Å². The average molecular weight is 1350 g/mol. The van der Waals surface area contributed by atoms with E-state index in [4.69, 9.17) is 23.2 Å². The molecule has 0 fully saturated rings. The van der Waals surface area contributed by atoms with E-state index in [0.717, 1.165) is 152 Å². The van der Waals surface area contributed by atoms with Crippen LogP contribution in [0, 0.1) is 26.0 Å². The number of nitrogens with zero attached hydrogens (tertiary/aromatic N) is 8. The number of nitrogens with one attached hydrogen (secondary N) is 9. The molecule has 17 nitrogen and oxygen atoms in total. The number of para-hydroxylation sites is 3. The summed E-state index contributed by atoms with van der Waals surface area (Å²) in [5, 5.41) is 44.2. The summed E-state index contributed by atoms with van der Waals surface area (Å²) in [7, 11) is 7.69. The van der Waals surface area contributed by atoms with E-state index in [2.05, 4.69) is 166 Å². The molecule has 87 heavy (non-hydrogen) atoms. The van der Waals surface area contributed by atoms with Gasteiger partial charge in [0.2, 0.25) is 0 Å². The predicted octanol–water partition coefficient (Wildman–Crippen LogP) is 14.9. The van der Waals surface area contributed by atoms with Crippen LogP contribution in [-0.4, -0.2) is 61.9 Å². The second-order valence-corrected chi connectivity index (χ2v) is 21.0. The first-order valence-corrected chi connectivity index (χ1v) is 28.8. The average Bonchev–Trinajstić information content (AvgIpc) is 4.09. The third-order valence-electron chi connectivity index (χ3n) is 13.9. The molecule has 8 heterocycles. The van der Waals surface area contributed by atoms with Gasteiger partial charge in [0.05, 0.1) is 52.7 Å². The zero-order chi connectivity index (χ0) is 59.7. The number of rotatable bonds is 3. The smallest absolute Gasteiger partial charge is 0.133 e. The second kappa shape index (κ2) is 33.2.